The zero-order chi connectivity index (χ0) is 25.1. The molecule has 0 bridgehead atoms. The SMILES string of the molecule is CC1=C(C)N(c2cccc(C)c2)C(c2ccccc2)N(c2cccc(C)c2)C1.O=C=O.O=C=O. The molecule has 1 heterocycles. The van der Waals surface area contributed by atoms with Gasteiger partial charge in [-0.2, -0.15) is 19.2 Å². The minimum atomic E-state index is 0.119. The van der Waals surface area contributed by atoms with E-state index in [2.05, 4.69) is 116 Å². The average Bonchev–Trinajstić information content (AvgIpc) is 2.82. The summed E-state index contributed by atoms with van der Waals surface area (Å²) in [6, 6.07) is 28.5. The summed E-state index contributed by atoms with van der Waals surface area (Å²) in [5.41, 5.74) is 9.11. The first-order valence-corrected chi connectivity index (χ1v) is 10.8. The van der Waals surface area contributed by atoms with Crippen LogP contribution in [-0.4, -0.2) is 18.8 Å². The molecule has 1 unspecified atom stereocenters. The smallest absolute Gasteiger partial charge is 0.343 e. The molecule has 0 aromatic heterocycles. The molecule has 1 aliphatic heterocycles. The standard InChI is InChI=1S/C26H28N2.2CO2/c1-19-10-8-14-24(16-19)27-18-21(3)22(4)28(25-15-9-11-20(2)17-25)26(27)23-12-6-5-7-13-23;2*2-1-3/h5-17,26H,18H2,1-4H3;;. The van der Waals surface area contributed by atoms with E-state index in [1.165, 1.54) is 39.3 Å². The molecule has 1 atom stereocenters. The third-order valence-electron chi connectivity index (χ3n) is 5.64. The zero-order valence-electron chi connectivity index (χ0n) is 19.8. The molecule has 0 fully saturated rings. The Morgan fingerprint density at radius 1 is 0.676 bits per heavy atom. The predicted molar refractivity (Wildman–Crippen MR) is 130 cm³/mol. The van der Waals surface area contributed by atoms with Crippen LogP contribution in [-0.2, 0) is 19.2 Å². The fourth-order valence-electron chi connectivity index (χ4n) is 4.09. The number of aryl methyl sites for hydroxylation is 2. The van der Waals surface area contributed by atoms with Gasteiger partial charge in [-0.25, -0.2) is 0 Å². The molecule has 3 aromatic carbocycles. The minimum absolute atomic E-state index is 0.119. The molecule has 0 saturated carbocycles. The van der Waals surface area contributed by atoms with Crippen molar-refractivity contribution in [3.8, 4) is 0 Å². The summed E-state index contributed by atoms with van der Waals surface area (Å²) in [7, 11) is 0. The Morgan fingerprint density at radius 2 is 1.18 bits per heavy atom. The third kappa shape index (κ3) is 6.39. The molecular weight excluding hydrogens is 428 g/mol. The number of carbonyl (C=O) groups excluding carboxylic acids is 4. The van der Waals surface area contributed by atoms with Crippen molar-refractivity contribution in [3.63, 3.8) is 0 Å². The van der Waals surface area contributed by atoms with Crippen LogP contribution in [0.1, 0.15) is 36.7 Å². The van der Waals surface area contributed by atoms with Crippen molar-refractivity contribution in [2.24, 2.45) is 0 Å². The van der Waals surface area contributed by atoms with E-state index in [4.69, 9.17) is 19.2 Å². The van der Waals surface area contributed by atoms with E-state index in [-0.39, 0.29) is 18.5 Å². The summed E-state index contributed by atoms with van der Waals surface area (Å²) >= 11 is 0. The highest BCUT2D eigenvalue weighted by Crippen LogP contribution is 2.41. The largest absolute Gasteiger partial charge is 0.373 e. The summed E-state index contributed by atoms with van der Waals surface area (Å²) in [5, 5.41) is 0. The van der Waals surface area contributed by atoms with Crippen LogP contribution in [0, 0.1) is 13.8 Å². The average molecular weight is 457 g/mol. The minimum Gasteiger partial charge on any atom is -0.343 e. The van der Waals surface area contributed by atoms with Crippen molar-refractivity contribution in [2.75, 3.05) is 16.3 Å². The Balaban J connectivity index is 0.000000618. The maximum Gasteiger partial charge on any atom is 0.373 e. The van der Waals surface area contributed by atoms with Crippen LogP contribution in [0.3, 0.4) is 0 Å². The Morgan fingerprint density at radius 3 is 1.71 bits per heavy atom. The van der Waals surface area contributed by atoms with Crippen molar-refractivity contribution < 1.29 is 19.2 Å². The van der Waals surface area contributed by atoms with E-state index in [9.17, 15) is 0 Å². The molecule has 6 nitrogen and oxygen atoms in total. The van der Waals surface area contributed by atoms with Gasteiger partial charge >= 0.3 is 12.3 Å². The number of hydrogen-bond donors (Lipinski definition) is 0. The number of anilines is 2. The van der Waals surface area contributed by atoms with E-state index >= 15 is 0 Å². The second-order valence-electron chi connectivity index (χ2n) is 7.99. The fraction of sp³-hybridized carbons (Fsp3) is 0.214. The van der Waals surface area contributed by atoms with Crippen molar-refractivity contribution in [1.82, 2.24) is 0 Å². The highest BCUT2D eigenvalue weighted by Gasteiger charge is 2.33. The van der Waals surface area contributed by atoms with Crippen LogP contribution < -0.4 is 9.80 Å². The van der Waals surface area contributed by atoms with Gasteiger partial charge in [0.1, 0.15) is 6.17 Å². The van der Waals surface area contributed by atoms with Gasteiger partial charge in [-0.3, -0.25) is 0 Å². The van der Waals surface area contributed by atoms with E-state index in [1.54, 1.807) is 0 Å². The Hall–Kier alpha value is -4.24. The molecule has 0 N–H and O–H groups in total. The second-order valence-corrected chi connectivity index (χ2v) is 7.99. The van der Waals surface area contributed by atoms with Crippen LogP contribution in [0.4, 0.5) is 11.4 Å². The highest BCUT2D eigenvalue weighted by atomic mass is 16.2. The predicted octanol–water partition coefficient (Wildman–Crippen LogP) is 5.46. The first kappa shape index (κ1) is 26.0. The van der Waals surface area contributed by atoms with Crippen molar-refractivity contribution in [1.29, 1.82) is 0 Å². The lowest BCUT2D eigenvalue weighted by Gasteiger charge is -2.47. The molecule has 34 heavy (non-hydrogen) atoms. The van der Waals surface area contributed by atoms with Gasteiger partial charge < -0.3 is 9.80 Å². The van der Waals surface area contributed by atoms with E-state index in [0.717, 1.165) is 6.54 Å². The summed E-state index contributed by atoms with van der Waals surface area (Å²) in [4.78, 5) is 37.5. The van der Waals surface area contributed by atoms with Gasteiger partial charge in [0.25, 0.3) is 0 Å². The number of benzene rings is 3. The summed E-state index contributed by atoms with van der Waals surface area (Å²) in [6.07, 6.45) is 0.619. The maximum absolute atomic E-state index is 8.12. The molecule has 0 aliphatic carbocycles. The summed E-state index contributed by atoms with van der Waals surface area (Å²) in [5.74, 6) is 0. The van der Waals surface area contributed by atoms with Crippen molar-refractivity contribution in [3.05, 3.63) is 107 Å². The Bertz CT molecular complexity index is 1180. The summed E-state index contributed by atoms with van der Waals surface area (Å²) in [6.45, 7) is 9.76. The number of rotatable bonds is 3. The number of allylic oxidation sites excluding steroid dienone is 1. The van der Waals surface area contributed by atoms with Gasteiger partial charge in [-0.15, -0.1) is 0 Å². The molecule has 0 spiro atoms. The van der Waals surface area contributed by atoms with Gasteiger partial charge in [0.15, 0.2) is 0 Å². The molecule has 0 saturated heterocycles. The molecule has 3 aromatic rings. The van der Waals surface area contributed by atoms with Crippen molar-refractivity contribution in [2.45, 2.75) is 33.9 Å². The fourth-order valence-corrected chi connectivity index (χ4v) is 4.09. The Labute approximate surface area is 200 Å². The van der Waals surface area contributed by atoms with Gasteiger partial charge in [0.2, 0.25) is 0 Å². The Kier molecular flexibility index (Phi) is 9.72. The molecule has 6 heteroatoms. The lowest BCUT2D eigenvalue weighted by molar-refractivity contribution is -0.193. The quantitative estimate of drug-likeness (QED) is 0.521. The first-order chi connectivity index (χ1) is 16.4. The van der Waals surface area contributed by atoms with Crippen LogP contribution in [0.5, 0.6) is 0 Å². The normalized spacial score (nSPS) is 14.6. The molecule has 4 rings (SSSR count). The van der Waals surface area contributed by atoms with Gasteiger partial charge in [0.05, 0.1) is 0 Å². The lowest BCUT2D eigenvalue weighted by atomic mass is 10.0. The number of nitrogens with zero attached hydrogens (tertiary/aromatic N) is 2. The second kappa shape index (κ2) is 12.7. The van der Waals surface area contributed by atoms with Crippen LogP contribution in [0.25, 0.3) is 0 Å². The topological polar surface area (TPSA) is 74.8 Å². The van der Waals surface area contributed by atoms with Crippen LogP contribution in [0.2, 0.25) is 0 Å². The molecule has 0 radical (unpaired) electrons. The molecular formula is C28H28N2O4. The highest BCUT2D eigenvalue weighted by molar-refractivity contribution is 5.64. The van der Waals surface area contributed by atoms with Crippen LogP contribution >= 0.6 is 0 Å². The zero-order valence-corrected chi connectivity index (χ0v) is 19.8. The first-order valence-electron chi connectivity index (χ1n) is 10.8. The lowest BCUT2D eigenvalue weighted by Crippen LogP contribution is -2.46. The van der Waals surface area contributed by atoms with Crippen LogP contribution in [0.15, 0.2) is 90.1 Å². The monoisotopic (exact) mass is 456 g/mol. The summed E-state index contributed by atoms with van der Waals surface area (Å²) < 4.78 is 0. The molecule has 1 aliphatic rings. The number of hydrogen-bond acceptors (Lipinski definition) is 6. The van der Waals surface area contributed by atoms with Crippen molar-refractivity contribution >= 4 is 23.7 Å². The van der Waals surface area contributed by atoms with Gasteiger partial charge in [-0.05, 0) is 74.2 Å². The van der Waals surface area contributed by atoms with E-state index in [1.807, 2.05) is 0 Å². The maximum atomic E-state index is 8.12. The van der Waals surface area contributed by atoms with E-state index in [0.29, 0.717) is 0 Å². The molecule has 0 amide bonds. The van der Waals surface area contributed by atoms with Gasteiger partial charge in [0, 0.05) is 23.6 Å². The third-order valence-corrected chi connectivity index (χ3v) is 5.64. The van der Waals surface area contributed by atoms with E-state index < -0.39 is 0 Å². The van der Waals surface area contributed by atoms with Gasteiger partial charge in [-0.1, -0.05) is 54.6 Å². The molecule has 174 valence electrons.